The number of carbonyl (C=O) groups is 1. The molecule has 2 amide bonds. The second-order valence-electron chi connectivity index (χ2n) is 5.03. The third-order valence-electron chi connectivity index (χ3n) is 3.30. The summed E-state index contributed by atoms with van der Waals surface area (Å²) in [6, 6.07) is 2.36. The third-order valence-corrected chi connectivity index (χ3v) is 4.20. The lowest BCUT2D eigenvalue weighted by Gasteiger charge is -2.29. The molecular formula is C15H20N2O2S. The van der Waals surface area contributed by atoms with Crippen LogP contribution in [0.1, 0.15) is 36.1 Å². The second kappa shape index (κ2) is 7.32. The number of amides is 2. The Balaban J connectivity index is 1.83. The fourth-order valence-corrected chi connectivity index (χ4v) is 2.68. The Labute approximate surface area is 123 Å². The van der Waals surface area contributed by atoms with Crippen molar-refractivity contribution in [1.82, 2.24) is 10.2 Å². The van der Waals surface area contributed by atoms with E-state index in [2.05, 4.69) is 17.2 Å². The number of urea groups is 1. The molecule has 2 N–H and O–H groups in total. The van der Waals surface area contributed by atoms with Gasteiger partial charge < -0.3 is 15.3 Å². The highest BCUT2D eigenvalue weighted by Crippen LogP contribution is 2.19. The van der Waals surface area contributed by atoms with Crippen molar-refractivity contribution in [2.75, 3.05) is 13.7 Å². The molecule has 1 aromatic heterocycles. The van der Waals surface area contributed by atoms with Crippen LogP contribution >= 0.6 is 11.3 Å². The average Bonchev–Trinajstić information content (AvgIpc) is 2.81. The van der Waals surface area contributed by atoms with Crippen LogP contribution < -0.4 is 5.32 Å². The molecule has 108 valence electrons. The van der Waals surface area contributed by atoms with Crippen molar-refractivity contribution >= 4 is 17.4 Å². The van der Waals surface area contributed by atoms with Crippen LogP contribution in [0.5, 0.6) is 0 Å². The van der Waals surface area contributed by atoms with Crippen molar-refractivity contribution in [1.29, 1.82) is 0 Å². The lowest BCUT2D eigenvalue weighted by molar-refractivity contribution is 0.195. The lowest BCUT2D eigenvalue weighted by Crippen LogP contribution is -2.45. The number of hydrogen-bond donors (Lipinski definition) is 2. The Morgan fingerprint density at radius 3 is 3.05 bits per heavy atom. The number of aliphatic hydroxyl groups is 1. The van der Waals surface area contributed by atoms with E-state index in [1.807, 2.05) is 18.5 Å². The largest absolute Gasteiger partial charge is 0.395 e. The maximum absolute atomic E-state index is 11.9. The van der Waals surface area contributed by atoms with Gasteiger partial charge in [-0.1, -0.05) is 11.8 Å². The zero-order valence-corrected chi connectivity index (χ0v) is 12.5. The number of nitrogens with zero attached hydrogens (tertiary/aromatic N) is 1. The van der Waals surface area contributed by atoms with Gasteiger partial charge in [0.05, 0.1) is 11.5 Å². The molecule has 0 saturated heterocycles. The monoisotopic (exact) mass is 292 g/mol. The number of carbonyl (C=O) groups excluding carboxylic acids is 1. The van der Waals surface area contributed by atoms with Gasteiger partial charge in [0.2, 0.25) is 0 Å². The Morgan fingerprint density at radius 2 is 2.40 bits per heavy atom. The zero-order chi connectivity index (χ0) is 14.4. The molecule has 0 spiro atoms. The summed E-state index contributed by atoms with van der Waals surface area (Å²) >= 11 is 1.57. The topological polar surface area (TPSA) is 52.6 Å². The number of rotatable bonds is 4. The summed E-state index contributed by atoms with van der Waals surface area (Å²) < 4.78 is 0. The molecule has 0 unspecified atom stereocenters. The van der Waals surface area contributed by atoms with Crippen molar-refractivity contribution in [3.63, 3.8) is 0 Å². The lowest BCUT2D eigenvalue weighted by atomic mass is 9.93. The van der Waals surface area contributed by atoms with Crippen LogP contribution in [0.25, 0.3) is 0 Å². The van der Waals surface area contributed by atoms with Crippen molar-refractivity contribution in [3.05, 3.63) is 21.9 Å². The Hall–Kier alpha value is -1.51. The molecule has 0 aliphatic heterocycles. The predicted octanol–water partition coefficient (Wildman–Crippen LogP) is 2.18. The number of thiophene rings is 1. The molecular weight excluding hydrogens is 272 g/mol. The number of hydrogen-bond acceptors (Lipinski definition) is 3. The zero-order valence-electron chi connectivity index (χ0n) is 11.7. The summed E-state index contributed by atoms with van der Waals surface area (Å²) in [5, 5.41) is 13.7. The van der Waals surface area contributed by atoms with Gasteiger partial charge in [-0.2, -0.15) is 0 Å². The molecule has 1 fully saturated rings. The van der Waals surface area contributed by atoms with Crippen molar-refractivity contribution in [2.45, 2.75) is 38.3 Å². The van der Waals surface area contributed by atoms with E-state index in [4.69, 9.17) is 5.11 Å². The van der Waals surface area contributed by atoms with Gasteiger partial charge in [-0.15, -0.1) is 11.3 Å². The molecule has 1 saturated carbocycles. The van der Waals surface area contributed by atoms with Crippen molar-refractivity contribution < 1.29 is 9.90 Å². The first-order chi connectivity index (χ1) is 9.69. The van der Waals surface area contributed by atoms with Crippen LogP contribution in [0, 0.1) is 11.8 Å². The summed E-state index contributed by atoms with van der Waals surface area (Å²) in [6.45, 7) is 0.687. The van der Waals surface area contributed by atoms with E-state index in [9.17, 15) is 4.79 Å². The first-order valence-corrected chi connectivity index (χ1v) is 7.76. The summed E-state index contributed by atoms with van der Waals surface area (Å²) in [7, 11) is 1.81. The van der Waals surface area contributed by atoms with Crippen LogP contribution in [-0.4, -0.2) is 35.7 Å². The normalized spacial score (nSPS) is 14.1. The number of nitrogens with one attached hydrogen (secondary N) is 1. The van der Waals surface area contributed by atoms with Gasteiger partial charge in [-0.25, -0.2) is 4.79 Å². The standard InChI is InChI=1S/C15H20N2O2S/c1-17(15(19)16-13-5-4-6-13)10-12-9-14(20-11-12)7-2-3-8-18/h9,11,13,18H,3-6,8,10H2,1H3,(H,16,19). The van der Waals surface area contributed by atoms with E-state index >= 15 is 0 Å². The van der Waals surface area contributed by atoms with Gasteiger partial charge in [0.25, 0.3) is 0 Å². The van der Waals surface area contributed by atoms with E-state index in [-0.39, 0.29) is 12.6 Å². The van der Waals surface area contributed by atoms with Gasteiger partial charge >= 0.3 is 6.03 Å². The number of aliphatic hydroxyl groups excluding tert-OH is 1. The van der Waals surface area contributed by atoms with E-state index in [1.54, 1.807) is 16.2 Å². The SMILES string of the molecule is CN(Cc1csc(C#CCCO)c1)C(=O)NC1CCC1. The predicted molar refractivity (Wildman–Crippen MR) is 80.5 cm³/mol. The molecule has 0 radical (unpaired) electrons. The first kappa shape index (κ1) is 14.9. The van der Waals surface area contributed by atoms with Crippen LogP contribution in [0.4, 0.5) is 4.79 Å². The van der Waals surface area contributed by atoms with Gasteiger partial charge in [-0.3, -0.25) is 0 Å². The molecule has 1 aliphatic rings. The molecule has 0 bridgehead atoms. The van der Waals surface area contributed by atoms with E-state index in [0.717, 1.165) is 23.3 Å². The maximum Gasteiger partial charge on any atom is 0.317 e. The van der Waals surface area contributed by atoms with E-state index in [0.29, 0.717) is 19.0 Å². The van der Waals surface area contributed by atoms with Crippen LogP contribution in [0.15, 0.2) is 11.4 Å². The molecule has 0 atom stereocenters. The molecule has 1 aromatic rings. The minimum atomic E-state index is -0.00573. The van der Waals surface area contributed by atoms with Crippen molar-refractivity contribution in [2.24, 2.45) is 0 Å². The van der Waals surface area contributed by atoms with E-state index < -0.39 is 0 Å². The van der Waals surface area contributed by atoms with Gasteiger partial charge in [0, 0.05) is 26.1 Å². The van der Waals surface area contributed by atoms with Crippen molar-refractivity contribution in [3.8, 4) is 11.8 Å². The summed E-state index contributed by atoms with van der Waals surface area (Å²) in [5.74, 6) is 5.91. The van der Waals surface area contributed by atoms with Gasteiger partial charge in [0.1, 0.15) is 0 Å². The molecule has 4 nitrogen and oxygen atoms in total. The maximum atomic E-state index is 11.9. The molecule has 1 heterocycles. The van der Waals surface area contributed by atoms with Crippen LogP contribution in [-0.2, 0) is 6.54 Å². The quantitative estimate of drug-likeness (QED) is 0.836. The Kier molecular flexibility index (Phi) is 5.45. The van der Waals surface area contributed by atoms with Crippen LogP contribution in [0.3, 0.4) is 0 Å². The summed E-state index contributed by atoms with van der Waals surface area (Å²) in [6.07, 6.45) is 3.91. The molecule has 1 aliphatic carbocycles. The molecule has 0 aromatic carbocycles. The summed E-state index contributed by atoms with van der Waals surface area (Å²) in [4.78, 5) is 14.6. The van der Waals surface area contributed by atoms with Crippen LogP contribution in [0.2, 0.25) is 0 Å². The van der Waals surface area contributed by atoms with E-state index in [1.165, 1.54) is 6.42 Å². The Bertz CT molecular complexity index is 511. The van der Waals surface area contributed by atoms with Gasteiger partial charge in [0.15, 0.2) is 0 Å². The highest BCUT2D eigenvalue weighted by molar-refractivity contribution is 7.10. The third kappa shape index (κ3) is 4.26. The summed E-state index contributed by atoms with van der Waals surface area (Å²) in [5.41, 5.74) is 1.09. The highest BCUT2D eigenvalue weighted by Gasteiger charge is 2.21. The van der Waals surface area contributed by atoms with Gasteiger partial charge in [-0.05, 0) is 36.3 Å². The smallest absolute Gasteiger partial charge is 0.317 e. The average molecular weight is 292 g/mol. The Morgan fingerprint density at radius 1 is 1.60 bits per heavy atom. The minimum Gasteiger partial charge on any atom is -0.395 e. The molecule has 5 heteroatoms. The minimum absolute atomic E-state index is 0.00573. The second-order valence-corrected chi connectivity index (χ2v) is 5.94. The molecule has 20 heavy (non-hydrogen) atoms. The first-order valence-electron chi connectivity index (χ1n) is 6.88. The molecule has 2 rings (SSSR count). The fourth-order valence-electron chi connectivity index (χ4n) is 1.91. The highest BCUT2D eigenvalue weighted by atomic mass is 32.1. The fraction of sp³-hybridized carbons (Fsp3) is 0.533.